The average molecular weight is 211 g/mol. The van der Waals surface area contributed by atoms with E-state index in [2.05, 4.69) is 27.0 Å². The van der Waals surface area contributed by atoms with E-state index in [0.29, 0.717) is 6.42 Å². The predicted octanol–water partition coefficient (Wildman–Crippen LogP) is 2.30. The lowest BCUT2D eigenvalue weighted by atomic mass is 10.2. The Balaban J connectivity index is 2.71. The fraction of sp³-hybridized carbons (Fsp3) is 0.250. The number of hydrogen-bond donors (Lipinski definition) is 0. The molecule has 1 aromatic heterocycles. The molecule has 1 heterocycles. The van der Waals surface area contributed by atoms with Crippen LogP contribution in [0.2, 0.25) is 0 Å². The van der Waals surface area contributed by atoms with Gasteiger partial charge in [-0.1, -0.05) is 0 Å². The number of pyridine rings is 1. The topological polar surface area (TPSA) is 36.7 Å². The Morgan fingerprint density at radius 1 is 1.64 bits per heavy atom. The second-order valence-electron chi connectivity index (χ2n) is 2.09. The van der Waals surface area contributed by atoms with Gasteiger partial charge in [-0.2, -0.15) is 5.26 Å². The Hall–Kier alpha value is -0.880. The van der Waals surface area contributed by atoms with Crippen molar-refractivity contribution >= 4 is 15.9 Å². The number of rotatable bonds is 2. The van der Waals surface area contributed by atoms with Gasteiger partial charge in [0.05, 0.1) is 11.8 Å². The number of hydrogen-bond acceptors (Lipinski definition) is 2. The molecule has 56 valence electrons. The highest BCUT2D eigenvalue weighted by Gasteiger charge is 1.97. The molecule has 11 heavy (non-hydrogen) atoms. The van der Waals surface area contributed by atoms with E-state index in [-0.39, 0.29) is 0 Å². The Morgan fingerprint density at radius 2 is 2.45 bits per heavy atom. The highest BCUT2D eigenvalue weighted by Crippen LogP contribution is 2.14. The van der Waals surface area contributed by atoms with E-state index in [1.54, 1.807) is 6.20 Å². The second-order valence-corrected chi connectivity index (χ2v) is 2.94. The minimum atomic E-state index is 0.523. The molecule has 0 aliphatic carbocycles. The number of nitrogens with zero attached hydrogens (tertiary/aromatic N) is 2. The maximum atomic E-state index is 8.33. The van der Waals surface area contributed by atoms with Gasteiger partial charge in [0.2, 0.25) is 0 Å². The molecule has 0 amide bonds. The van der Waals surface area contributed by atoms with Crippen molar-refractivity contribution in [1.82, 2.24) is 4.98 Å². The van der Waals surface area contributed by atoms with E-state index in [4.69, 9.17) is 5.26 Å². The Morgan fingerprint density at radius 3 is 3.09 bits per heavy atom. The van der Waals surface area contributed by atoms with Crippen LogP contribution in [0.3, 0.4) is 0 Å². The molecule has 1 rings (SSSR count). The standard InChI is InChI=1S/C8H7BrN2/c9-7-3-2-6-11-8(7)4-1-5-10/h2-3,6H,1,4H2. The van der Waals surface area contributed by atoms with E-state index < -0.39 is 0 Å². The predicted molar refractivity (Wildman–Crippen MR) is 45.9 cm³/mol. The molecule has 0 saturated heterocycles. The van der Waals surface area contributed by atoms with Crippen molar-refractivity contribution < 1.29 is 0 Å². The first kappa shape index (κ1) is 8.22. The van der Waals surface area contributed by atoms with Crippen molar-refractivity contribution in [2.75, 3.05) is 0 Å². The molecule has 0 atom stereocenters. The van der Waals surface area contributed by atoms with Crippen LogP contribution in [0.1, 0.15) is 12.1 Å². The number of halogens is 1. The van der Waals surface area contributed by atoms with E-state index in [9.17, 15) is 0 Å². The van der Waals surface area contributed by atoms with E-state index >= 15 is 0 Å². The molecule has 0 N–H and O–H groups in total. The van der Waals surface area contributed by atoms with Gasteiger partial charge in [-0.15, -0.1) is 0 Å². The first-order valence-electron chi connectivity index (χ1n) is 3.31. The van der Waals surface area contributed by atoms with E-state index in [1.807, 2.05) is 12.1 Å². The van der Waals surface area contributed by atoms with Crippen molar-refractivity contribution in [3.63, 3.8) is 0 Å². The third-order valence-electron chi connectivity index (χ3n) is 1.31. The van der Waals surface area contributed by atoms with Crippen LogP contribution >= 0.6 is 15.9 Å². The van der Waals surface area contributed by atoms with E-state index in [0.717, 1.165) is 16.6 Å². The summed E-state index contributed by atoms with van der Waals surface area (Å²) in [4.78, 5) is 4.12. The van der Waals surface area contributed by atoms with Crippen molar-refractivity contribution in [1.29, 1.82) is 5.26 Å². The van der Waals surface area contributed by atoms with Crippen LogP contribution in [0, 0.1) is 11.3 Å². The summed E-state index contributed by atoms with van der Waals surface area (Å²) in [5.41, 5.74) is 0.953. The van der Waals surface area contributed by atoms with Crippen LogP contribution in [0.5, 0.6) is 0 Å². The van der Waals surface area contributed by atoms with Gasteiger partial charge < -0.3 is 0 Å². The zero-order valence-electron chi connectivity index (χ0n) is 5.92. The SMILES string of the molecule is N#CCCc1ncccc1Br. The van der Waals surface area contributed by atoms with Gasteiger partial charge in [-0.05, 0) is 28.1 Å². The van der Waals surface area contributed by atoms with Crippen LogP contribution < -0.4 is 0 Å². The molecule has 1 aromatic rings. The van der Waals surface area contributed by atoms with Gasteiger partial charge in [0.15, 0.2) is 0 Å². The fourth-order valence-corrected chi connectivity index (χ4v) is 1.23. The lowest BCUT2D eigenvalue weighted by Gasteiger charge is -1.97. The molecule has 0 fully saturated rings. The smallest absolute Gasteiger partial charge is 0.0625 e. The van der Waals surface area contributed by atoms with Gasteiger partial charge >= 0.3 is 0 Å². The molecule has 0 spiro atoms. The minimum Gasteiger partial charge on any atom is -0.260 e. The highest BCUT2D eigenvalue weighted by molar-refractivity contribution is 9.10. The van der Waals surface area contributed by atoms with Gasteiger partial charge in [0.25, 0.3) is 0 Å². The molecule has 0 aliphatic rings. The summed E-state index contributed by atoms with van der Waals surface area (Å²) >= 11 is 3.35. The fourth-order valence-electron chi connectivity index (χ4n) is 0.777. The van der Waals surface area contributed by atoms with Crippen molar-refractivity contribution in [2.45, 2.75) is 12.8 Å². The second kappa shape index (κ2) is 4.09. The molecule has 0 unspecified atom stereocenters. The van der Waals surface area contributed by atoms with Gasteiger partial charge in [-0.3, -0.25) is 4.98 Å². The molecule has 0 aliphatic heterocycles. The first-order valence-corrected chi connectivity index (χ1v) is 4.10. The molecule has 2 nitrogen and oxygen atoms in total. The Bertz CT molecular complexity index is 278. The van der Waals surface area contributed by atoms with Crippen molar-refractivity contribution in [3.05, 3.63) is 28.5 Å². The molecular formula is C8H7BrN2. The van der Waals surface area contributed by atoms with E-state index in [1.165, 1.54) is 0 Å². The number of aryl methyl sites for hydroxylation is 1. The minimum absolute atomic E-state index is 0.523. The van der Waals surface area contributed by atoms with Crippen LogP contribution in [0.4, 0.5) is 0 Å². The van der Waals surface area contributed by atoms with Crippen LogP contribution in [-0.2, 0) is 6.42 Å². The lowest BCUT2D eigenvalue weighted by molar-refractivity contribution is 0.943. The van der Waals surface area contributed by atoms with Gasteiger partial charge in [-0.25, -0.2) is 0 Å². The molecular weight excluding hydrogens is 204 g/mol. The van der Waals surface area contributed by atoms with Crippen molar-refractivity contribution in [3.8, 4) is 6.07 Å². The molecule has 3 heteroatoms. The Labute approximate surface area is 74.0 Å². The third-order valence-corrected chi connectivity index (χ3v) is 2.03. The zero-order valence-corrected chi connectivity index (χ0v) is 7.50. The normalized spacial score (nSPS) is 9.09. The van der Waals surface area contributed by atoms with Crippen LogP contribution in [-0.4, -0.2) is 4.98 Å². The van der Waals surface area contributed by atoms with Crippen molar-refractivity contribution in [2.24, 2.45) is 0 Å². The molecule has 0 aromatic carbocycles. The summed E-state index contributed by atoms with van der Waals surface area (Å²) in [5, 5.41) is 8.33. The maximum absolute atomic E-state index is 8.33. The summed E-state index contributed by atoms with van der Waals surface area (Å²) in [7, 11) is 0. The highest BCUT2D eigenvalue weighted by atomic mass is 79.9. The summed E-state index contributed by atoms with van der Waals surface area (Å²) in [6.07, 6.45) is 2.98. The largest absolute Gasteiger partial charge is 0.260 e. The molecule has 0 bridgehead atoms. The average Bonchev–Trinajstić information content (AvgIpc) is 2.03. The molecule has 0 saturated carbocycles. The van der Waals surface area contributed by atoms with Gasteiger partial charge in [0.1, 0.15) is 0 Å². The van der Waals surface area contributed by atoms with Crippen LogP contribution in [0.15, 0.2) is 22.8 Å². The Kier molecular flexibility index (Phi) is 3.06. The van der Waals surface area contributed by atoms with Crippen LogP contribution in [0.25, 0.3) is 0 Å². The quantitative estimate of drug-likeness (QED) is 0.752. The third kappa shape index (κ3) is 2.32. The summed E-state index contributed by atoms with van der Waals surface area (Å²) in [6, 6.07) is 5.87. The summed E-state index contributed by atoms with van der Waals surface area (Å²) in [6.45, 7) is 0. The molecule has 0 radical (unpaired) electrons. The zero-order chi connectivity index (χ0) is 8.10. The summed E-state index contributed by atoms with van der Waals surface area (Å²) < 4.78 is 0.982. The first-order chi connectivity index (χ1) is 5.34. The number of aromatic nitrogens is 1. The lowest BCUT2D eigenvalue weighted by Crippen LogP contribution is -1.89. The monoisotopic (exact) mass is 210 g/mol. The summed E-state index contributed by atoms with van der Waals surface area (Å²) in [5.74, 6) is 0. The number of nitriles is 1. The van der Waals surface area contributed by atoms with Gasteiger partial charge in [0, 0.05) is 23.5 Å². The maximum Gasteiger partial charge on any atom is 0.0625 e.